The average molecular weight is 400 g/mol. The van der Waals surface area contributed by atoms with Crippen molar-refractivity contribution in [3.8, 4) is 11.1 Å². The molecular weight excluding hydrogens is 378 g/mol. The summed E-state index contributed by atoms with van der Waals surface area (Å²) in [6.07, 6.45) is 0.403. The number of amides is 1. The van der Waals surface area contributed by atoms with Crippen LogP contribution in [-0.4, -0.2) is 34.8 Å². The molecule has 0 atom stereocenters. The summed E-state index contributed by atoms with van der Waals surface area (Å²) < 4.78 is 27.8. The minimum Gasteiger partial charge on any atom is -0.338 e. The number of fused-ring (bicyclic) bond motifs is 1. The molecule has 6 heteroatoms. The second-order valence-corrected chi connectivity index (χ2v) is 8.41. The zero-order chi connectivity index (χ0) is 19.9. The highest BCUT2D eigenvalue weighted by molar-refractivity contribution is 7.18. The summed E-state index contributed by atoms with van der Waals surface area (Å²) in [5.41, 5.74) is 4.81. The van der Waals surface area contributed by atoms with E-state index < -0.39 is 5.92 Å². The fourth-order valence-corrected chi connectivity index (χ4v) is 4.54. The Hall–Kier alpha value is -2.34. The molecule has 4 rings (SSSR count). The highest BCUT2D eigenvalue weighted by atomic mass is 32.1. The van der Waals surface area contributed by atoms with Gasteiger partial charge in [-0.2, -0.15) is 0 Å². The number of alkyl halides is 2. The number of hydrogen-bond acceptors (Lipinski definition) is 3. The molecule has 1 amide bonds. The number of carbonyl (C=O) groups is 1. The number of likely N-dealkylation sites (tertiary alicyclic amines) is 1. The number of benzene rings is 2. The lowest BCUT2D eigenvalue weighted by molar-refractivity contribution is -0.0494. The van der Waals surface area contributed by atoms with Crippen molar-refractivity contribution in [1.82, 2.24) is 9.88 Å². The molecule has 0 bridgehead atoms. The summed E-state index contributed by atoms with van der Waals surface area (Å²) in [5.74, 6) is -2.83. The molecule has 0 saturated carbocycles. The largest absolute Gasteiger partial charge is 0.338 e. The Morgan fingerprint density at radius 3 is 2.46 bits per heavy atom. The minimum atomic E-state index is -2.65. The number of hydrogen-bond donors (Lipinski definition) is 0. The van der Waals surface area contributed by atoms with E-state index in [0.29, 0.717) is 5.56 Å². The summed E-state index contributed by atoms with van der Waals surface area (Å²) in [6, 6.07) is 11.6. The van der Waals surface area contributed by atoms with Crippen LogP contribution in [0.4, 0.5) is 8.78 Å². The van der Waals surface area contributed by atoms with Gasteiger partial charge < -0.3 is 4.90 Å². The highest BCUT2D eigenvalue weighted by Crippen LogP contribution is 2.32. The molecule has 0 radical (unpaired) electrons. The van der Waals surface area contributed by atoms with E-state index in [0.717, 1.165) is 28.1 Å². The van der Waals surface area contributed by atoms with Crippen LogP contribution in [0.15, 0.2) is 36.4 Å². The molecule has 1 aliphatic rings. The number of carbonyl (C=O) groups excluding carboxylic acids is 1. The maximum absolute atomic E-state index is 13.3. The average Bonchev–Trinajstić information content (AvgIpc) is 3.11. The zero-order valence-electron chi connectivity index (χ0n) is 16.0. The van der Waals surface area contributed by atoms with Crippen molar-refractivity contribution >= 4 is 27.5 Å². The normalized spacial score (nSPS) is 16.5. The number of piperidine rings is 1. The van der Waals surface area contributed by atoms with E-state index in [4.69, 9.17) is 4.98 Å². The van der Waals surface area contributed by atoms with Crippen molar-refractivity contribution in [1.29, 1.82) is 0 Å². The fourth-order valence-electron chi connectivity index (χ4n) is 3.59. The van der Waals surface area contributed by atoms with Gasteiger partial charge >= 0.3 is 0 Å². The van der Waals surface area contributed by atoms with E-state index in [1.807, 2.05) is 12.1 Å². The molecule has 3 aromatic rings. The maximum Gasteiger partial charge on any atom is 0.253 e. The van der Waals surface area contributed by atoms with Crippen molar-refractivity contribution in [2.75, 3.05) is 13.1 Å². The molecule has 1 aliphatic heterocycles. The van der Waals surface area contributed by atoms with E-state index in [2.05, 4.69) is 26.0 Å². The standard InChI is InChI=1S/C22H22F2N2OS/c1-3-19-25-18-13-17(12-14(2)20(18)28-19)15-4-6-16(7-5-15)21(27)26-10-8-22(23,24)9-11-26/h4-7,12-13H,3,8-11H2,1-2H3. The van der Waals surface area contributed by atoms with E-state index in [9.17, 15) is 13.6 Å². The summed E-state index contributed by atoms with van der Waals surface area (Å²) >= 11 is 1.74. The lowest BCUT2D eigenvalue weighted by Crippen LogP contribution is -2.42. The maximum atomic E-state index is 13.3. The van der Waals surface area contributed by atoms with Gasteiger partial charge in [-0.3, -0.25) is 4.79 Å². The smallest absolute Gasteiger partial charge is 0.253 e. The van der Waals surface area contributed by atoms with Gasteiger partial charge in [0, 0.05) is 31.5 Å². The molecule has 0 spiro atoms. The van der Waals surface area contributed by atoms with Crippen LogP contribution in [0.2, 0.25) is 0 Å². The molecule has 28 heavy (non-hydrogen) atoms. The van der Waals surface area contributed by atoms with Gasteiger partial charge in [-0.05, 0) is 54.3 Å². The molecule has 2 aromatic carbocycles. The number of aryl methyl sites for hydroxylation is 2. The molecule has 0 aliphatic carbocycles. The molecule has 3 nitrogen and oxygen atoms in total. The molecule has 1 aromatic heterocycles. The van der Waals surface area contributed by atoms with E-state index in [1.54, 1.807) is 23.5 Å². The third kappa shape index (κ3) is 3.65. The first kappa shape index (κ1) is 19.0. The van der Waals surface area contributed by atoms with Crippen LogP contribution in [0.25, 0.3) is 21.3 Å². The van der Waals surface area contributed by atoms with E-state index in [1.165, 1.54) is 15.2 Å². The lowest BCUT2D eigenvalue weighted by atomic mass is 10.0. The second-order valence-electron chi connectivity index (χ2n) is 7.33. The fraction of sp³-hybridized carbons (Fsp3) is 0.364. The highest BCUT2D eigenvalue weighted by Gasteiger charge is 2.35. The van der Waals surface area contributed by atoms with Crippen LogP contribution >= 0.6 is 11.3 Å². The molecular formula is C22H22F2N2OS. The Bertz CT molecular complexity index is 1020. The van der Waals surface area contributed by atoms with Crippen LogP contribution in [-0.2, 0) is 6.42 Å². The van der Waals surface area contributed by atoms with Crippen LogP contribution < -0.4 is 0 Å². The first-order chi connectivity index (χ1) is 13.4. The summed E-state index contributed by atoms with van der Waals surface area (Å²) in [4.78, 5) is 18.8. The minimum absolute atomic E-state index is 0.104. The lowest BCUT2D eigenvalue weighted by Gasteiger charge is -2.31. The number of rotatable bonds is 3. The quantitative estimate of drug-likeness (QED) is 0.565. The predicted molar refractivity (Wildman–Crippen MR) is 109 cm³/mol. The first-order valence-corrected chi connectivity index (χ1v) is 10.4. The Morgan fingerprint density at radius 1 is 1.14 bits per heavy atom. The monoisotopic (exact) mass is 400 g/mol. The van der Waals surface area contributed by atoms with Gasteiger partial charge in [-0.15, -0.1) is 11.3 Å². The van der Waals surface area contributed by atoms with Crippen LogP contribution in [0.5, 0.6) is 0 Å². The van der Waals surface area contributed by atoms with Gasteiger partial charge in [-0.25, -0.2) is 13.8 Å². The number of thiazole rings is 1. The molecule has 1 saturated heterocycles. The Kier molecular flexibility index (Phi) is 4.91. The molecule has 0 N–H and O–H groups in total. The van der Waals surface area contributed by atoms with Crippen molar-refractivity contribution < 1.29 is 13.6 Å². The van der Waals surface area contributed by atoms with Crippen molar-refractivity contribution in [2.24, 2.45) is 0 Å². The van der Waals surface area contributed by atoms with Crippen LogP contribution in [0.1, 0.15) is 40.7 Å². The van der Waals surface area contributed by atoms with Crippen molar-refractivity contribution in [2.45, 2.75) is 39.0 Å². The van der Waals surface area contributed by atoms with E-state index in [-0.39, 0.29) is 31.8 Å². The van der Waals surface area contributed by atoms with Gasteiger partial charge in [0.15, 0.2) is 0 Å². The number of nitrogens with zero attached hydrogens (tertiary/aromatic N) is 2. The topological polar surface area (TPSA) is 33.2 Å². The Morgan fingerprint density at radius 2 is 1.82 bits per heavy atom. The van der Waals surface area contributed by atoms with Crippen LogP contribution in [0, 0.1) is 6.92 Å². The third-order valence-corrected chi connectivity index (χ3v) is 6.62. The van der Waals surface area contributed by atoms with Gasteiger partial charge in [0.1, 0.15) is 0 Å². The van der Waals surface area contributed by atoms with Gasteiger partial charge in [0.2, 0.25) is 0 Å². The van der Waals surface area contributed by atoms with Gasteiger partial charge in [-0.1, -0.05) is 19.1 Å². The zero-order valence-corrected chi connectivity index (χ0v) is 16.8. The Labute approximate surface area is 167 Å². The second kappa shape index (κ2) is 7.24. The number of halogens is 2. The predicted octanol–water partition coefficient (Wildman–Crippen LogP) is 5.71. The summed E-state index contributed by atoms with van der Waals surface area (Å²) in [7, 11) is 0. The number of aromatic nitrogens is 1. The van der Waals surface area contributed by atoms with Gasteiger partial charge in [0.25, 0.3) is 11.8 Å². The molecule has 146 valence electrons. The summed E-state index contributed by atoms with van der Waals surface area (Å²) in [6.45, 7) is 4.40. The van der Waals surface area contributed by atoms with Crippen LogP contribution in [0.3, 0.4) is 0 Å². The molecule has 0 unspecified atom stereocenters. The Balaban J connectivity index is 1.56. The SMILES string of the molecule is CCc1nc2cc(-c3ccc(C(=O)N4CCC(F)(F)CC4)cc3)cc(C)c2s1. The van der Waals surface area contributed by atoms with Gasteiger partial charge in [0.05, 0.1) is 15.2 Å². The van der Waals surface area contributed by atoms with E-state index >= 15 is 0 Å². The molecule has 1 fully saturated rings. The summed E-state index contributed by atoms with van der Waals surface area (Å²) in [5, 5.41) is 1.13. The van der Waals surface area contributed by atoms with Crippen molar-refractivity contribution in [3.63, 3.8) is 0 Å². The third-order valence-electron chi connectivity index (χ3n) is 5.27. The van der Waals surface area contributed by atoms with Crippen molar-refractivity contribution in [3.05, 3.63) is 52.5 Å². The first-order valence-electron chi connectivity index (χ1n) is 9.54. The molecule has 2 heterocycles.